The average Bonchev–Trinajstić information content (AvgIpc) is 2.17. The summed E-state index contributed by atoms with van der Waals surface area (Å²) in [5, 5.41) is 3.32. The van der Waals surface area contributed by atoms with E-state index in [1.165, 1.54) is 0 Å². The number of rotatable bonds is 5. The van der Waals surface area contributed by atoms with Crippen LogP contribution >= 0.6 is 0 Å². The van der Waals surface area contributed by atoms with Crippen LogP contribution in [0.5, 0.6) is 0 Å². The Morgan fingerprint density at radius 3 is 2.71 bits per heavy atom. The fourth-order valence-corrected chi connectivity index (χ4v) is 1.44. The highest BCUT2D eigenvalue weighted by molar-refractivity contribution is 5.34. The molecule has 1 aromatic heterocycles. The summed E-state index contributed by atoms with van der Waals surface area (Å²) in [4.78, 5) is 4.21. The first kappa shape index (κ1) is 11.0. The molecule has 0 saturated heterocycles. The number of nitrogens with one attached hydrogen (secondary N) is 1. The van der Waals surface area contributed by atoms with Crippen LogP contribution in [0.15, 0.2) is 24.4 Å². The Labute approximate surface area is 85.7 Å². The third kappa shape index (κ3) is 3.75. The number of hydrogen-bond donors (Lipinski definition) is 2. The normalized spacial score (nSPS) is 12.9. The molecule has 14 heavy (non-hydrogen) atoms. The Balaban J connectivity index is 2.48. The smallest absolute Gasteiger partial charge is 0.126 e. The van der Waals surface area contributed by atoms with Gasteiger partial charge in [0, 0.05) is 18.8 Å². The molecule has 1 atom stereocenters. The maximum Gasteiger partial charge on any atom is 0.126 e. The van der Waals surface area contributed by atoms with E-state index in [2.05, 4.69) is 24.1 Å². The van der Waals surface area contributed by atoms with Crippen LogP contribution < -0.4 is 11.1 Å². The Kier molecular flexibility index (Phi) is 4.40. The van der Waals surface area contributed by atoms with Gasteiger partial charge in [-0.05, 0) is 24.5 Å². The van der Waals surface area contributed by atoms with Crippen molar-refractivity contribution in [1.29, 1.82) is 0 Å². The molecular weight excluding hydrogens is 174 g/mol. The van der Waals surface area contributed by atoms with E-state index in [1.54, 1.807) is 6.20 Å². The first-order chi connectivity index (χ1) is 6.72. The molecule has 0 radical (unpaired) electrons. The molecular formula is C11H19N3. The van der Waals surface area contributed by atoms with Crippen LogP contribution in [0.1, 0.15) is 20.3 Å². The summed E-state index contributed by atoms with van der Waals surface area (Å²) < 4.78 is 0. The van der Waals surface area contributed by atoms with Gasteiger partial charge in [-0.2, -0.15) is 0 Å². The molecule has 0 aliphatic rings. The molecule has 1 heterocycles. The van der Waals surface area contributed by atoms with E-state index < -0.39 is 0 Å². The third-order valence-electron chi connectivity index (χ3n) is 2.06. The summed E-state index contributed by atoms with van der Waals surface area (Å²) in [5.74, 6) is 1.56. The van der Waals surface area contributed by atoms with Gasteiger partial charge in [-0.1, -0.05) is 19.9 Å². The molecule has 0 aliphatic heterocycles. The van der Waals surface area contributed by atoms with Crippen molar-refractivity contribution in [3.05, 3.63) is 24.4 Å². The van der Waals surface area contributed by atoms with Crippen molar-refractivity contribution in [1.82, 2.24) is 4.98 Å². The minimum absolute atomic E-state index is 0.324. The minimum atomic E-state index is 0.324. The Morgan fingerprint density at radius 2 is 2.21 bits per heavy atom. The van der Waals surface area contributed by atoms with Crippen LogP contribution in [0.2, 0.25) is 0 Å². The van der Waals surface area contributed by atoms with Crippen LogP contribution in [-0.4, -0.2) is 17.6 Å². The largest absolute Gasteiger partial charge is 0.366 e. The summed E-state index contributed by atoms with van der Waals surface area (Å²) in [6.45, 7) is 5.04. The molecule has 3 heteroatoms. The van der Waals surface area contributed by atoms with Crippen molar-refractivity contribution in [2.45, 2.75) is 26.3 Å². The maximum atomic E-state index is 5.68. The molecule has 0 aromatic carbocycles. The van der Waals surface area contributed by atoms with E-state index >= 15 is 0 Å². The van der Waals surface area contributed by atoms with Gasteiger partial charge in [0.15, 0.2) is 0 Å². The van der Waals surface area contributed by atoms with Gasteiger partial charge in [0.1, 0.15) is 5.82 Å². The van der Waals surface area contributed by atoms with E-state index in [-0.39, 0.29) is 0 Å². The van der Waals surface area contributed by atoms with E-state index in [1.807, 2.05) is 18.2 Å². The molecule has 0 saturated carbocycles. The number of pyridine rings is 1. The second kappa shape index (κ2) is 5.60. The molecule has 0 amide bonds. The molecule has 1 rings (SSSR count). The van der Waals surface area contributed by atoms with Crippen LogP contribution in [0.4, 0.5) is 5.82 Å². The van der Waals surface area contributed by atoms with Gasteiger partial charge in [0.25, 0.3) is 0 Å². The van der Waals surface area contributed by atoms with Crippen molar-refractivity contribution < 1.29 is 0 Å². The summed E-state index contributed by atoms with van der Waals surface area (Å²) in [7, 11) is 0. The topological polar surface area (TPSA) is 50.9 Å². The van der Waals surface area contributed by atoms with Gasteiger partial charge in [0.2, 0.25) is 0 Å². The van der Waals surface area contributed by atoms with Crippen molar-refractivity contribution in [2.24, 2.45) is 11.7 Å². The highest BCUT2D eigenvalue weighted by atomic mass is 15.0. The molecule has 0 bridgehead atoms. The predicted octanol–water partition coefficient (Wildman–Crippen LogP) is 1.87. The molecule has 78 valence electrons. The summed E-state index contributed by atoms with van der Waals surface area (Å²) >= 11 is 0. The third-order valence-corrected chi connectivity index (χ3v) is 2.06. The SMILES string of the molecule is CC(C)CC(CN)Nc1ccccn1. The molecule has 0 fully saturated rings. The first-order valence-corrected chi connectivity index (χ1v) is 5.10. The van der Waals surface area contributed by atoms with Crippen LogP contribution in [0, 0.1) is 5.92 Å². The van der Waals surface area contributed by atoms with E-state index in [0.717, 1.165) is 12.2 Å². The zero-order valence-electron chi connectivity index (χ0n) is 8.90. The van der Waals surface area contributed by atoms with Gasteiger partial charge in [-0.15, -0.1) is 0 Å². The van der Waals surface area contributed by atoms with Gasteiger partial charge >= 0.3 is 0 Å². The van der Waals surface area contributed by atoms with Gasteiger partial charge in [-0.25, -0.2) is 4.98 Å². The fraction of sp³-hybridized carbons (Fsp3) is 0.545. The van der Waals surface area contributed by atoms with Crippen LogP contribution in [0.25, 0.3) is 0 Å². The number of nitrogens with two attached hydrogens (primary N) is 1. The second-order valence-corrected chi connectivity index (χ2v) is 3.92. The number of hydrogen-bond acceptors (Lipinski definition) is 3. The van der Waals surface area contributed by atoms with Gasteiger partial charge < -0.3 is 11.1 Å². The lowest BCUT2D eigenvalue weighted by molar-refractivity contribution is 0.521. The zero-order valence-corrected chi connectivity index (χ0v) is 8.90. The quantitative estimate of drug-likeness (QED) is 0.750. The summed E-state index contributed by atoms with van der Waals surface area (Å²) in [6, 6.07) is 6.16. The van der Waals surface area contributed by atoms with Gasteiger partial charge in [0.05, 0.1) is 0 Å². The van der Waals surface area contributed by atoms with E-state index in [9.17, 15) is 0 Å². The first-order valence-electron chi connectivity index (χ1n) is 5.10. The minimum Gasteiger partial charge on any atom is -0.366 e. The van der Waals surface area contributed by atoms with Crippen molar-refractivity contribution in [3.8, 4) is 0 Å². The zero-order chi connectivity index (χ0) is 10.4. The molecule has 3 N–H and O–H groups in total. The molecule has 1 unspecified atom stereocenters. The monoisotopic (exact) mass is 193 g/mol. The summed E-state index contributed by atoms with van der Waals surface area (Å²) in [5.41, 5.74) is 5.68. The summed E-state index contributed by atoms with van der Waals surface area (Å²) in [6.07, 6.45) is 2.86. The number of aromatic nitrogens is 1. The Morgan fingerprint density at radius 1 is 1.43 bits per heavy atom. The highest BCUT2D eigenvalue weighted by Gasteiger charge is 2.08. The van der Waals surface area contributed by atoms with Gasteiger partial charge in [-0.3, -0.25) is 0 Å². The Bertz CT molecular complexity index is 246. The Hall–Kier alpha value is -1.09. The number of anilines is 1. The lowest BCUT2D eigenvalue weighted by Gasteiger charge is -2.19. The molecule has 0 aliphatic carbocycles. The lowest BCUT2D eigenvalue weighted by atomic mass is 10.0. The van der Waals surface area contributed by atoms with Crippen molar-refractivity contribution in [2.75, 3.05) is 11.9 Å². The standard InChI is InChI=1S/C11H19N3/c1-9(2)7-10(8-12)14-11-5-3-4-6-13-11/h3-6,9-10H,7-8,12H2,1-2H3,(H,13,14). The molecule has 3 nitrogen and oxygen atoms in total. The average molecular weight is 193 g/mol. The molecule has 1 aromatic rings. The highest BCUT2D eigenvalue weighted by Crippen LogP contribution is 2.09. The van der Waals surface area contributed by atoms with Crippen molar-refractivity contribution >= 4 is 5.82 Å². The second-order valence-electron chi connectivity index (χ2n) is 3.92. The number of nitrogens with zero attached hydrogens (tertiary/aromatic N) is 1. The maximum absolute atomic E-state index is 5.68. The van der Waals surface area contributed by atoms with Crippen LogP contribution in [0.3, 0.4) is 0 Å². The lowest BCUT2D eigenvalue weighted by Crippen LogP contribution is -2.30. The van der Waals surface area contributed by atoms with E-state index in [0.29, 0.717) is 18.5 Å². The van der Waals surface area contributed by atoms with Crippen molar-refractivity contribution in [3.63, 3.8) is 0 Å². The molecule has 0 spiro atoms. The predicted molar refractivity (Wildman–Crippen MR) is 60.2 cm³/mol. The van der Waals surface area contributed by atoms with Crippen LogP contribution in [-0.2, 0) is 0 Å². The van der Waals surface area contributed by atoms with E-state index in [4.69, 9.17) is 5.73 Å². The fourth-order valence-electron chi connectivity index (χ4n) is 1.44.